The second-order valence-electron chi connectivity index (χ2n) is 6.24. The number of hydrogen-bond donors (Lipinski definition) is 2. The molecule has 0 fully saturated rings. The summed E-state index contributed by atoms with van der Waals surface area (Å²) in [6.07, 6.45) is 3.17. The third-order valence-electron chi connectivity index (χ3n) is 4.26. The molecule has 0 aliphatic rings. The highest BCUT2D eigenvalue weighted by Gasteiger charge is 2.13. The smallest absolute Gasteiger partial charge is 0.335 e. The van der Waals surface area contributed by atoms with Crippen LogP contribution in [0.2, 0.25) is 5.02 Å². The summed E-state index contributed by atoms with van der Waals surface area (Å²) in [6.45, 7) is 1.82. The number of anilines is 1. The summed E-state index contributed by atoms with van der Waals surface area (Å²) < 4.78 is 1.70. The van der Waals surface area contributed by atoms with Crippen molar-refractivity contribution in [3.05, 3.63) is 88.2 Å². The summed E-state index contributed by atoms with van der Waals surface area (Å²) in [5.41, 5.74) is 2.54. The molecule has 0 spiro atoms. The first-order valence-electron chi connectivity index (χ1n) is 8.59. The fourth-order valence-corrected chi connectivity index (χ4v) is 2.92. The average Bonchev–Trinajstić information content (AvgIpc) is 3.17. The van der Waals surface area contributed by atoms with Crippen molar-refractivity contribution in [1.82, 2.24) is 4.57 Å². The minimum Gasteiger partial charge on any atom is -0.478 e. The fourth-order valence-electron chi connectivity index (χ4n) is 2.75. The first kappa shape index (κ1) is 19.9. The number of carbonyl (C=O) groups is 2. The number of nitriles is 1. The van der Waals surface area contributed by atoms with Crippen LogP contribution in [0.1, 0.15) is 21.6 Å². The summed E-state index contributed by atoms with van der Waals surface area (Å²) in [6, 6.07) is 16.9. The van der Waals surface area contributed by atoms with Gasteiger partial charge < -0.3 is 15.0 Å². The summed E-state index contributed by atoms with van der Waals surface area (Å²) in [5.74, 6) is -1.60. The van der Waals surface area contributed by atoms with Gasteiger partial charge >= 0.3 is 5.97 Å². The van der Waals surface area contributed by atoms with Crippen LogP contribution >= 0.6 is 11.6 Å². The molecule has 1 aromatic heterocycles. The lowest BCUT2D eigenvalue weighted by molar-refractivity contribution is -0.112. The molecule has 29 heavy (non-hydrogen) atoms. The monoisotopic (exact) mass is 405 g/mol. The van der Waals surface area contributed by atoms with Gasteiger partial charge in [0.05, 0.1) is 5.56 Å². The molecule has 0 aliphatic heterocycles. The zero-order valence-electron chi connectivity index (χ0n) is 15.4. The highest BCUT2D eigenvalue weighted by molar-refractivity contribution is 6.31. The van der Waals surface area contributed by atoms with Crippen LogP contribution in [-0.4, -0.2) is 21.6 Å². The van der Waals surface area contributed by atoms with Crippen LogP contribution in [0.3, 0.4) is 0 Å². The average molecular weight is 406 g/mol. The number of rotatable bonds is 5. The molecule has 2 N–H and O–H groups in total. The van der Waals surface area contributed by atoms with Gasteiger partial charge in [0.1, 0.15) is 11.6 Å². The van der Waals surface area contributed by atoms with Crippen molar-refractivity contribution >= 4 is 35.2 Å². The normalized spacial score (nSPS) is 11.0. The van der Waals surface area contributed by atoms with Gasteiger partial charge in [0, 0.05) is 28.3 Å². The Kier molecular flexibility index (Phi) is 5.82. The van der Waals surface area contributed by atoms with Crippen LogP contribution in [-0.2, 0) is 4.79 Å². The maximum absolute atomic E-state index is 12.6. The van der Waals surface area contributed by atoms with E-state index < -0.39 is 11.9 Å². The maximum Gasteiger partial charge on any atom is 0.335 e. The van der Waals surface area contributed by atoms with Crippen LogP contribution < -0.4 is 5.32 Å². The lowest BCUT2D eigenvalue weighted by atomic mass is 10.1. The second kappa shape index (κ2) is 8.46. The molecule has 144 valence electrons. The van der Waals surface area contributed by atoms with Crippen LogP contribution in [0.5, 0.6) is 0 Å². The Bertz CT molecular complexity index is 1170. The highest BCUT2D eigenvalue weighted by Crippen LogP contribution is 2.22. The minimum atomic E-state index is -1.04. The highest BCUT2D eigenvalue weighted by atomic mass is 35.5. The van der Waals surface area contributed by atoms with E-state index >= 15 is 0 Å². The number of carbonyl (C=O) groups excluding carboxylic acids is 1. The zero-order valence-corrected chi connectivity index (χ0v) is 16.1. The van der Waals surface area contributed by atoms with Gasteiger partial charge in [-0.15, -0.1) is 0 Å². The van der Waals surface area contributed by atoms with Gasteiger partial charge in [0.15, 0.2) is 0 Å². The third kappa shape index (κ3) is 4.54. The summed E-state index contributed by atoms with van der Waals surface area (Å²) in [5, 5.41) is 21.8. The molecule has 0 atom stereocenters. The Morgan fingerprint density at radius 3 is 2.69 bits per heavy atom. The number of aromatic nitrogens is 1. The topological polar surface area (TPSA) is 95.1 Å². The van der Waals surface area contributed by atoms with Gasteiger partial charge in [-0.1, -0.05) is 23.7 Å². The van der Waals surface area contributed by atoms with Gasteiger partial charge in [0.2, 0.25) is 0 Å². The number of carboxylic acid groups (broad SMARTS) is 1. The minimum absolute atomic E-state index is 0.0984. The summed E-state index contributed by atoms with van der Waals surface area (Å²) in [7, 11) is 0. The van der Waals surface area contributed by atoms with Crippen molar-refractivity contribution in [2.75, 3.05) is 5.32 Å². The first-order chi connectivity index (χ1) is 13.9. The molecule has 7 heteroatoms. The quantitative estimate of drug-likeness (QED) is 0.475. The van der Waals surface area contributed by atoms with E-state index in [4.69, 9.17) is 11.6 Å². The number of nitrogens with zero attached hydrogens (tertiary/aromatic N) is 2. The molecule has 0 bridgehead atoms. The summed E-state index contributed by atoms with van der Waals surface area (Å²) in [4.78, 5) is 23.8. The van der Waals surface area contributed by atoms with Crippen LogP contribution in [0.25, 0.3) is 11.8 Å². The maximum atomic E-state index is 12.6. The summed E-state index contributed by atoms with van der Waals surface area (Å²) >= 11 is 5.98. The standard InChI is InChI=1S/C22H16ClN3O3/c1-14-7-8-17(23)12-20(14)25-21(27)16(13-24)11-19-6-3-9-26(19)18-5-2-4-15(10-18)22(28)29/h2-12H,1H3,(H,25,27)(H,28,29)/b16-11-. The number of halogens is 1. The molecular weight excluding hydrogens is 390 g/mol. The van der Waals surface area contributed by atoms with Gasteiger partial charge in [-0.2, -0.15) is 5.26 Å². The lowest BCUT2D eigenvalue weighted by Gasteiger charge is -2.10. The van der Waals surface area contributed by atoms with Gasteiger partial charge in [-0.25, -0.2) is 4.79 Å². The van der Waals surface area contributed by atoms with Crippen LogP contribution in [0, 0.1) is 18.3 Å². The van der Waals surface area contributed by atoms with E-state index in [-0.39, 0.29) is 11.1 Å². The number of amides is 1. The largest absolute Gasteiger partial charge is 0.478 e. The Morgan fingerprint density at radius 2 is 1.97 bits per heavy atom. The number of hydrogen-bond acceptors (Lipinski definition) is 3. The Morgan fingerprint density at radius 1 is 1.17 bits per heavy atom. The van der Waals surface area contributed by atoms with E-state index in [9.17, 15) is 20.0 Å². The molecular formula is C22H16ClN3O3. The molecule has 3 aromatic rings. The molecule has 6 nitrogen and oxygen atoms in total. The molecule has 0 aliphatic carbocycles. The molecule has 3 rings (SSSR count). The number of aromatic carboxylic acids is 1. The zero-order chi connectivity index (χ0) is 21.0. The van der Waals surface area contributed by atoms with Gasteiger partial charge in [-0.05, 0) is 61.0 Å². The van der Waals surface area contributed by atoms with E-state index in [0.717, 1.165) is 5.56 Å². The lowest BCUT2D eigenvalue weighted by Crippen LogP contribution is -2.14. The van der Waals surface area contributed by atoms with Crippen molar-refractivity contribution in [2.24, 2.45) is 0 Å². The van der Waals surface area contributed by atoms with Crippen molar-refractivity contribution in [3.8, 4) is 11.8 Å². The predicted octanol–water partition coefficient (Wildman–Crippen LogP) is 4.68. The van der Waals surface area contributed by atoms with E-state index in [1.807, 2.05) is 13.0 Å². The van der Waals surface area contributed by atoms with Gasteiger partial charge in [-0.3, -0.25) is 4.79 Å². The number of aryl methyl sites for hydroxylation is 1. The third-order valence-corrected chi connectivity index (χ3v) is 4.49. The van der Waals surface area contributed by atoms with Crippen molar-refractivity contribution in [3.63, 3.8) is 0 Å². The first-order valence-corrected chi connectivity index (χ1v) is 8.97. The molecule has 1 heterocycles. The Balaban J connectivity index is 1.93. The Hall–Kier alpha value is -3.82. The van der Waals surface area contributed by atoms with Crippen LogP contribution in [0.15, 0.2) is 66.4 Å². The fraction of sp³-hybridized carbons (Fsp3) is 0.0455. The number of carboxylic acids is 1. The molecule has 0 saturated carbocycles. The van der Waals surface area contributed by atoms with Crippen molar-refractivity contribution in [1.29, 1.82) is 5.26 Å². The molecule has 0 unspecified atom stereocenters. The predicted molar refractivity (Wildman–Crippen MR) is 111 cm³/mol. The molecule has 0 radical (unpaired) electrons. The molecule has 0 saturated heterocycles. The molecule has 2 aromatic carbocycles. The van der Waals surface area contributed by atoms with Crippen molar-refractivity contribution < 1.29 is 14.7 Å². The van der Waals surface area contributed by atoms with E-state index in [1.165, 1.54) is 18.2 Å². The second-order valence-corrected chi connectivity index (χ2v) is 6.68. The van der Waals surface area contributed by atoms with E-state index in [2.05, 4.69) is 5.32 Å². The number of benzene rings is 2. The van der Waals surface area contributed by atoms with Crippen molar-refractivity contribution in [2.45, 2.75) is 6.92 Å². The van der Waals surface area contributed by atoms with E-state index in [0.29, 0.717) is 22.1 Å². The SMILES string of the molecule is Cc1ccc(Cl)cc1NC(=O)/C(C#N)=C\c1cccn1-c1cccc(C(=O)O)c1. The van der Waals surface area contributed by atoms with Gasteiger partial charge in [0.25, 0.3) is 5.91 Å². The molecule has 1 amide bonds. The number of nitrogens with one attached hydrogen (secondary N) is 1. The van der Waals surface area contributed by atoms with E-state index in [1.54, 1.807) is 53.2 Å². The Labute approximate surface area is 172 Å². The van der Waals surface area contributed by atoms with Crippen LogP contribution in [0.4, 0.5) is 5.69 Å².